The van der Waals surface area contributed by atoms with E-state index >= 15 is 0 Å². The number of para-hydroxylation sites is 2. The van der Waals surface area contributed by atoms with Gasteiger partial charge < -0.3 is 9.73 Å². The number of rotatable bonds is 4. The third-order valence-corrected chi connectivity index (χ3v) is 4.37. The smallest absolute Gasteiger partial charge is 0.321 e. The standard InChI is InChI=1S/C15H17N3O3S/c19-13(18-14(20)16-10-5-1-2-6-10)9-22-15-17-11-7-3-4-8-12(11)21-15/h3-4,7-8,10H,1-2,5-6,9H2,(H2,16,18,19,20). The Labute approximate surface area is 132 Å². The van der Waals surface area contributed by atoms with E-state index in [1.54, 1.807) is 0 Å². The number of thioether (sulfide) groups is 1. The minimum atomic E-state index is -0.421. The number of nitrogens with zero attached hydrogens (tertiary/aromatic N) is 1. The molecule has 2 aromatic rings. The maximum atomic E-state index is 11.8. The van der Waals surface area contributed by atoms with Gasteiger partial charge in [-0.25, -0.2) is 9.78 Å². The number of urea groups is 1. The molecule has 1 aliphatic carbocycles. The summed E-state index contributed by atoms with van der Waals surface area (Å²) >= 11 is 1.17. The van der Waals surface area contributed by atoms with Crippen molar-refractivity contribution in [2.75, 3.05) is 5.75 Å². The molecule has 7 heteroatoms. The van der Waals surface area contributed by atoms with Crippen LogP contribution in [0.1, 0.15) is 25.7 Å². The molecule has 2 N–H and O–H groups in total. The monoisotopic (exact) mass is 319 g/mol. The van der Waals surface area contributed by atoms with Gasteiger partial charge in [0.2, 0.25) is 5.91 Å². The van der Waals surface area contributed by atoms with Crippen LogP contribution in [0.2, 0.25) is 0 Å². The topological polar surface area (TPSA) is 84.2 Å². The quantitative estimate of drug-likeness (QED) is 0.846. The number of hydrogen-bond acceptors (Lipinski definition) is 5. The molecule has 1 aromatic carbocycles. The van der Waals surface area contributed by atoms with E-state index in [1.807, 2.05) is 24.3 Å². The molecule has 0 unspecified atom stereocenters. The average Bonchev–Trinajstić information content (AvgIpc) is 3.13. The van der Waals surface area contributed by atoms with Crippen molar-refractivity contribution in [3.63, 3.8) is 0 Å². The summed E-state index contributed by atoms with van der Waals surface area (Å²) in [6.45, 7) is 0. The van der Waals surface area contributed by atoms with Crippen molar-refractivity contribution in [1.29, 1.82) is 0 Å². The van der Waals surface area contributed by atoms with Crippen LogP contribution in [0.5, 0.6) is 0 Å². The SMILES string of the molecule is O=C(CSc1nc2ccccc2o1)NC(=O)NC1CCCC1. The molecule has 1 aromatic heterocycles. The van der Waals surface area contributed by atoms with Crippen molar-refractivity contribution in [2.24, 2.45) is 0 Å². The number of fused-ring (bicyclic) bond motifs is 1. The molecule has 22 heavy (non-hydrogen) atoms. The van der Waals surface area contributed by atoms with Gasteiger partial charge in [-0.1, -0.05) is 36.7 Å². The van der Waals surface area contributed by atoms with Gasteiger partial charge in [0, 0.05) is 6.04 Å². The predicted molar refractivity (Wildman–Crippen MR) is 83.7 cm³/mol. The molecule has 3 amide bonds. The van der Waals surface area contributed by atoms with Crippen LogP contribution < -0.4 is 10.6 Å². The fourth-order valence-corrected chi connectivity index (χ4v) is 3.13. The molecule has 1 aliphatic rings. The first-order valence-corrected chi connectivity index (χ1v) is 8.28. The molecule has 1 heterocycles. The van der Waals surface area contributed by atoms with Crippen molar-refractivity contribution < 1.29 is 14.0 Å². The fraction of sp³-hybridized carbons (Fsp3) is 0.400. The van der Waals surface area contributed by atoms with Gasteiger partial charge in [-0.3, -0.25) is 10.1 Å². The summed E-state index contributed by atoms with van der Waals surface area (Å²) in [7, 11) is 0. The van der Waals surface area contributed by atoms with E-state index in [0.29, 0.717) is 10.8 Å². The third kappa shape index (κ3) is 3.79. The molecular formula is C15H17N3O3S. The number of carbonyl (C=O) groups excluding carboxylic acids is 2. The Kier molecular flexibility index (Phi) is 4.62. The average molecular weight is 319 g/mol. The zero-order valence-electron chi connectivity index (χ0n) is 12.0. The highest BCUT2D eigenvalue weighted by Gasteiger charge is 2.18. The Bertz CT molecular complexity index is 646. The molecule has 0 spiro atoms. The Morgan fingerprint density at radius 1 is 1.27 bits per heavy atom. The van der Waals surface area contributed by atoms with Crippen molar-refractivity contribution in [1.82, 2.24) is 15.6 Å². The Hall–Kier alpha value is -2.02. The van der Waals surface area contributed by atoms with Crippen LogP contribution in [0.25, 0.3) is 11.1 Å². The molecule has 116 valence electrons. The van der Waals surface area contributed by atoms with Gasteiger partial charge in [0.25, 0.3) is 5.22 Å². The number of imide groups is 1. The molecule has 1 fully saturated rings. The maximum absolute atomic E-state index is 11.8. The van der Waals surface area contributed by atoms with Crippen molar-refractivity contribution in [3.05, 3.63) is 24.3 Å². The van der Waals surface area contributed by atoms with Gasteiger partial charge >= 0.3 is 6.03 Å². The van der Waals surface area contributed by atoms with Gasteiger partial charge in [0.05, 0.1) is 5.75 Å². The minimum Gasteiger partial charge on any atom is -0.431 e. The van der Waals surface area contributed by atoms with Gasteiger partial charge in [0.15, 0.2) is 5.58 Å². The Morgan fingerprint density at radius 2 is 2.05 bits per heavy atom. The summed E-state index contributed by atoms with van der Waals surface area (Å²) in [4.78, 5) is 27.7. The summed E-state index contributed by atoms with van der Waals surface area (Å²) in [6.07, 6.45) is 4.23. The first-order chi connectivity index (χ1) is 10.7. The van der Waals surface area contributed by atoms with E-state index in [9.17, 15) is 9.59 Å². The number of amides is 3. The lowest BCUT2D eigenvalue weighted by Gasteiger charge is -2.11. The minimum absolute atomic E-state index is 0.0882. The molecular weight excluding hydrogens is 302 g/mol. The lowest BCUT2D eigenvalue weighted by Crippen LogP contribution is -2.44. The highest BCUT2D eigenvalue weighted by molar-refractivity contribution is 7.99. The van der Waals surface area contributed by atoms with Crippen molar-refractivity contribution in [2.45, 2.75) is 36.9 Å². The summed E-state index contributed by atoms with van der Waals surface area (Å²) in [5.74, 6) is -0.270. The number of hydrogen-bond donors (Lipinski definition) is 2. The van der Waals surface area contributed by atoms with Gasteiger partial charge in [-0.05, 0) is 25.0 Å². The highest BCUT2D eigenvalue weighted by Crippen LogP contribution is 2.22. The molecule has 6 nitrogen and oxygen atoms in total. The molecule has 0 aliphatic heterocycles. The van der Waals surface area contributed by atoms with E-state index < -0.39 is 6.03 Å². The number of benzene rings is 1. The Balaban J connectivity index is 1.46. The Morgan fingerprint density at radius 3 is 2.82 bits per heavy atom. The zero-order valence-corrected chi connectivity index (χ0v) is 12.8. The molecule has 0 atom stereocenters. The van der Waals surface area contributed by atoms with Crippen molar-refractivity contribution >= 4 is 34.8 Å². The van der Waals surface area contributed by atoms with Gasteiger partial charge in [-0.15, -0.1) is 0 Å². The van der Waals surface area contributed by atoms with Crippen LogP contribution in [0, 0.1) is 0 Å². The highest BCUT2D eigenvalue weighted by atomic mass is 32.2. The van der Waals surface area contributed by atoms with Crippen molar-refractivity contribution in [3.8, 4) is 0 Å². The van der Waals surface area contributed by atoms with Gasteiger partial charge in [0.1, 0.15) is 5.52 Å². The first-order valence-electron chi connectivity index (χ1n) is 7.29. The van der Waals surface area contributed by atoms with E-state index in [0.717, 1.165) is 31.2 Å². The third-order valence-electron chi connectivity index (χ3n) is 3.54. The van der Waals surface area contributed by atoms with E-state index in [-0.39, 0.29) is 17.7 Å². The second-order valence-electron chi connectivity index (χ2n) is 5.24. The van der Waals surface area contributed by atoms with Crippen LogP contribution >= 0.6 is 11.8 Å². The molecule has 0 bridgehead atoms. The lowest BCUT2D eigenvalue weighted by atomic mass is 10.2. The van der Waals surface area contributed by atoms with E-state index in [1.165, 1.54) is 11.8 Å². The largest absolute Gasteiger partial charge is 0.431 e. The van der Waals surface area contributed by atoms with Crippen LogP contribution in [0.3, 0.4) is 0 Å². The predicted octanol–water partition coefficient (Wildman–Crippen LogP) is 2.69. The summed E-state index contributed by atoms with van der Waals surface area (Å²) in [5, 5.41) is 5.57. The number of aromatic nitrogens is 1. The fourth-order valence-electron chi connectivity index (χ4n) is 2.49. The van der Waals surface area contributed by atoms with Crippen LogP contribution in [-0.4, -0.2) is 28.7 Å². The second-order valence-corrected chi connectivity index (χ2v) is 6.17. The molecule has 0 radical (unpaired) electrons. The summed E-state index contributed by atoms with van der Waals surface area (Å²) < 4.78 is 5.50. The van der Waals surface area contributed by atoms with E-state index in [4.69, 9.17) is 4.42 Å². The maximum Gasteiger partial charge on any atom is 0.321 e. The number of nitrogens with one attached hydrogen (secondary N) is 2. The van der Waals surface area contributed by atoms with Crippen LogP contribution in [0.15, 0.2) is 33.9 Å². The van der Waals surface area contributed by atoms with Crippen LogP contribution in [0.4, 0.5) is 4.79 Å². The summed E-state index contributed by atoms with van der Waals surface area (Å²) in [6, 6.07) is 7.17. The normalized spacial score (nSPS) is 15.1. The number of oxazole rings is 1. The first kappa shape index (κ1) is 14.9. The summed E-state index contributed by atoms with van der Waals surface area (Å²) in [5.41, 5.74) is 1.44. The van der Waals surface area contributed by atoms with Crippen LogP contribution in [-0.2, 0) is 4.79 Å². The van der Waals surface area contributed by atoms with Gasteiger partial charge in [-0.2, -0.15) is 0 Å². The molecule has 0 saturated heterocycles. The molecule has 3 rings (SSSR count). The second kappa shape index (κ2) is 6.83. The number of carbonyl (C=O) groups is 2. The zero-order chi connectivity index (χ0) is 15.4. The van der Waals surface area contributed by atoms with E-state index in [2.05, 4.69) is 15.6 Å². The molecule has 1 saturated carbocycles. The lowest BCUT2D eigenvalue weighted by molar-refractivity contribution is -0.117.